The van der Waals surface area contributed by atoms with Gasteiger partial charge in [0.1, 0.15) is 0 Å². The molecule has 0 saturated carbocycles. The Morgan fingerprint density at radius 3 is 2.58 bits per heavy atom. The van der Waals surface area contributed by atoms with E-state index in [1.165, 1.54) is 5.56 Å². The second kappa shape index (κ2) is 7.31. The van der Waals surface area contributed by atoms with E-state index < -0.39 is 0 Å². The van der Waals surface area contributed by atoms with Crippen LogP contribution in [0.5, 0.6) is 0 Å². The second-order valence-electron chi connectivity index (χ2n) is 4.49. The lowest BCUT2D eigenvalue weighted by molar-refractivity contribution is 0.118. The van der Waals surface area contributed by atoms with E-state index in [9.17, 15) is 0 Å². The molecule has 0 bridgehead atoms. The number of nitrogens with two attached hydrogens (primary N) is 1. The zero-order chi connectivity index (χ0) is 13.5. The van der Waals surface area contributed by atoms with Gasteiger partial charge in [0.15, 0.2) is 0 Å². The van der Waals surface area contributed by atoms with Crippen molar-refractivity contribution in [2.45, 2.75) is 19.4 Å². The molecule has 2 rings (SSSR count). The highest BCUT2D eigenvalue weighted by Crippen LogP contribution is 2.20. The Bertz CT molecular complexity index is 513. The van der Waals surface area contributed by atoms with E-state index in [1.807, 2.05) is 24.3 Å². The van der Waals surface area contributed by atoms with Crippen LogP contribution < -0.4 is 5.73 Å². The van der Waals surface area contributed by atoms with Crippen molar-refractivity contribution in [3.05, 3.63) is 64.1 Å². The lowest BCUT2D eigenvalue weighted by Gasteiger charge is -2.07. The zero-order valence-electron chi connectivity index (χ0n) is 10.8. The minimum Gasteiger partial charge on any atom is -0.399 e. The van der Waals surface area contributed by atoms with Gasteiger partial charge in [0.25, 0.3) is 0 Å². The van der Waals surface area contributed by atoms with E-state index in [1.54, 1.807) is 0 Å². The Hall–Kier alpha value is -1.32. The van der Waals surface area contributed by atoms with Gasteiger partial charge < -0.3 is 10.5 Å². The number of aryl methyl sites for hydroxylation is 1. The second-order valence-corrected chi connectivity index (χ2v) is 5.35. The number of benzene rings is 2. The molecule has 0 radical (unpaired) electrons. The van der Waals surface area contributed by atoms with Crippen molar-refractivity contribution in [1.82, 2.24) is 0 Å². The number of rotatable bonds is 6. The summed E-state index contributed by atoms with van der Waals surface area (Å²) in [5, 5.41) is 0. The molecule has 0 saturated heterocycles. The molecule has 0 aliphatic heterocycles. The van der Waals surface area contributed by atoms with Crippen molar-refractivity contribution in [3.63, 3.8) is 0 Å². The summed E-state index contributed by atoms with van der Waals surface area (Å²) in [4.78, 5) is 0. The molecule has 3 heteroatoms. The molecule has 0 aliphatic carbocycles. The molecular weight excluding hydrogens is 302 g/mol. The van der Waals surface area contributed by atoms with Crippen LogP contribution in [0.25, 0.3) is 0 Å². The van der Waals surface area contributed by atoms with Gasteiger partial charge in [0.2, 0.25) is 0 Å². The molecule has 2 aromatic carbocycles. The maximum Gasteiger partial charge on any atom is 0.0727 e. The molecule has 0 fully saturated rings. The minimum atomic E-state index is 0.621. The summed E-state index contributed by atoms with van der Waals surface area (Å²) in [6, 6.07) is 16.3. The van der Waals surface area contributed by atoms with Gasteiger partial charge >= 0.3 is 0 Å². The molecule has 0 heterocycles. The fourth-order valence-electron chi connectivity index (χ4n) is 1.89. The Morgan fingerprint density at radius 1 is 1.05 bits per heavy atom. The summed E-state index contributed by atoms with van der Waals surface area (Å²) < 4.78 is 6.70. The maximum absolute atomic E-state index is 5.70. The van der Waals surface area contributed by atoms with E-state index in [4.69, 9.17) is 10.5 Å². The fraction of sp³-hybridized carbons (Fsp3) is 0.250. The molecule has 2 aromatic rings. The van der Waals surface area contributed by atoms with Crippen LogP contribution in [0.4, 0.5) is 5.69 Å². The lowest BCUT2D eigenvalue weighted by atomic mass is 10.1. The van der Waals surface area contributed by atoms with Gasteiger partial charge in [-0.25, -0.2) is 0 Å². The van der Waals surface area contributed by atoms with E-state index in [0.29, 0.717) is 6.61 Å². The SMILES string of the molecule is Nc1ccc(COCCCc2ccccc2)c(Br)c1. The molecule has 2 N–H and O–H groups in total. The summed E-state index contributed by atoms with van der Waals surface area (Å²) in [7, 11) is 0. The van der Waals surface area contributed by atoms with Gasteiger partial charge in [0.05, 0.1) is 6.61 Å². The summed E-state index contributed by atoms with van der Waals surface area (Å²) in [6.45, 7) is 1.39. The average molecular weight is 320 g/mol. The number of hydrogen-bond donors (Lipinski definition) is 1. The highest BCUT2D eigenvalue weighted by atomic mass is 79.9. The first-order valence-electron chi connectivity index (χ1n) is 6.41. The first-order valence-corrected chi connectivity index (χ1v) is 7.20. The van der Waals surface area contributed by atoms with E-state index >= 15 is 0 Å². The van der Waals surface area contributed by atoms with E-state index in [0.717, 1.165) is 35.2 Å². The van der Waals surface area contributed by atoms with Crippen LogP contribution in [0.3, 0.4) is 0 Å². The molecule has 2 nitrogen and oxygen atoms in total. The molecule has 0 atom stereocenters. The number of ether oxygens (including phenoxy) is 1. The summed E-state index contributed by atoms with van der Waals surface area (Å²) >= 11 is 3.49. The summed E-state index contributed by atoms with van der Waals surface area (Å²) in [5.74, 6) is 0. The molecule has 0 amide bonds. The van der Waals surface area contributed by atoms with Crippen LogP contribution in [0.2, 0.25) is 0 Å². The number of anilines is 1. The Balaban J connectivity index is 1.69. The first-order chi connectivity index (χ1) is 9.25. The smallest absolute Gasteiger partial charge is 0.0727 e. The fourth-order valence-corrected chi connectivity index (χ4v) is 2.40. The maximum atomic E-state index is 5.70. The van der Waals surface area contributed by atoms with Crippen molar-refractivity contribution in [2.75, 3.05) is 12.3 Å². The Labute approximate surface area is 122 Å². The first kappa shape index (κ1) is 14.1. The van der Waals surface area contributed by atoms with Crippen molar-refractivity contribution in [1.29, 1.82) is 0 Å². The highest BCUT2D eigenvalue weighted by Gasteiger charge is 2.00. The molecule has 0 spiro atoms. The Morgan fingerprint density at radius 2 is 1.84 bits per heavy atom. The van der Waals surface area contributed by atoms with Crippen molar-refractivity contribution in [3.8, 4) is 0 Å². The van der Waals surface area contributed by atoms with Crippen molar-refractivity contribution < 1.29 is 4.74 Å². The molecule has 19 heavy (non-hydrogen) atoms. The summed E-state index contributed by atoms with van der Waals surface area (Å²) in [5.41, 5.74) is 8.96. The number of halogens is 1. The van der Waals surface area contributed by atoms with E-state index in [-0.39, 0.29) is 0 Å². The van der Waals surface area contributed by atoms with Gasteiger partial charge in [-0.3, -0.25) is 0 Å². The number of nitrogen functional groups attached to an aromatic ring is 1. The van der Waals surface area contributed by atoms with Gasteiger partial charge in [-0.15, -0.1) is 0 Å². The van der Waals surface area contributed by atoms with Crippen LogP contribution in [0, 0.1) is 0 Å². The minimum absolute atomic E-state index is 0.621. The molecule has 100 valence electrons. The largest absolute Gasteiger partial charge is 0.399 e. The van der Waals surface area contributed by atoms with E-state index in [2.05, 4.69) is 40.2 Å². The quantitative estimate of drug-likeness (QED) is 0.640. The van der Waals surface area contributed by atoms with Crippen LogP contribution in [0.15, 0.2) is 53.0 Å². The number of hydrogen-bond acceptors (Lipinski definition) is 2. The predicted octanol–water partition coefficient (Wildman–Crippen LogP) is 4.18. The van der Waals surface area contributed by atoms with Crippen LogP contribution in [0.1, 0.15) is 17.5 Å². The van der Waals surface area contributed by atoms with Gasteiger partial charge in [-0.1, -0.05) is 52.3 Å². The van der Waals surface area contributed by atoms with Crippen LogP contribution in [-0.2, 0) is 17.8 Å². The van der Waals surface area contributed by atoms with Gasteiger partial charge in [-0.05, 0) is 36.1 Å². The standard InChI is InChI=1S/C16H18BrNO/c17-16-11-15(18)9-8-14(16)12-19-10-4-7-13-5-2-1-3-6-13/h1-3,5-6,8-9,11H,4,7,10,12,18H2. The zero-order valence-corrected chi connectivity index (χ0v) is 12.4. The molecule has 0 unspecified atom stereocenters. The third-order valence-electron chi connectivity index (χ3n) is 2.93. The monoisotopic (exact) mass is 319 g/mol. The average Bonchev–Trinajstić information content (AvgIpc) is 2.42. The Kier molecular flexibility index (Phi) is 5.43. The lowest BCUT2D eigenvalue weighted by Crippen LogP contribution is -1.98. The van der Waals surface area contributed by atoms with Crippen molar-refractivity contribution >= 4 is 21.6 Å². The molecule has 0 aliphatic rings. The van der Waals surface area contributed by atoms with Crippen LogP contribution >= 0.6 is 15.9 Å². The van der Waals surface area contributed by atoms with Crippen LogP contribution in [-0.4, -0.2) is 6.61 Å². The topological polar surface area (TPSA) is 35.2 Å². The molecule has 0 aromatic heterocycles. The third kappa shape index (κ3) is 4.69. The highest BCUT2D eigenvalue weighted by molar-refractivity contribution is 9.10. The van der Waals surface area contributed by atoms with Gasteiger partial charge in [0, 0.05) is 16.8 Å². The van der Waals surface area contributed by atoms with Crippen molar-refractivity contribution in [2.24, 2.45) is 0 Å². The predicted molar refractivity (Wildman–Crippen MR) is 83.0 cm³/mol. The summed E-state index contributed by atoms with van der Waals surface area (Å²) in [6.07, 6.45) is 2.10. The normalized spacial score (nSPS) is 10.6. The molecular formula is C16H18BrNO. The third-order valence-corrected chi connectivity index (χ3v) is 3.67. The van der Waals surface area contributed by atoms with Gasteiger partial charge in [-0.2, -0.15) is 0 Å².